The molecule has 0 spiro atoms. The Morgan fingerprint density at radius 2 is 1.63 bits per heavy atom. The van der Waals surface area contributed by atoms with Crippen LogP contribution >= 0.6 is 11.6 Å². The second-order valence-electron chi connectivity index (χ2n) is 9.64. The lowest BCUT2D eigenvalue weighted by Crippen LogP contribution is -2.45. The first-order valence-corrected chi connectivity index (χ1v) is 14.0. The Kier molecular flexibility index (Phi) is 8.86. The maximum atomic E-state index is 13.1. The van der Waals surface area contributed by atoms with Gasteiger partial charge in [-0.05, 0) is 60.4 Å². The zero-order valence-corrected chi connectivity index (χ0v) is 24.4. The van der Waals surface area contributed by atoms with Crippen molar-refractivity contribution < 1.29 is 32.6 Å². The molecule has 0 bridgehead atoms. The number of halogens is 1. The molecule has 0 fully saturated rings. The van der Waals surface area contributed by atoms with E-state index in [0.717, 1.165) is 15.4 Å². The van der Waals surface area contributed by atoms with Crippen LogP contribution in [0.4, 0.5) is 11.4 Å². The number of fused-ring (bicyclic) bond motifs is 1. The minimum absolute atomic E-state index is 0.141. The van der Waals surface area contributed by atoms with Crippen LogP contribution in [0.15, 0.2) is 71.7 Å². The van der Waals surface area contributed by atoms with Crippen LogP contribution in [0.1, 0.15) is 35.5 Å². The first kappa shape index (κ1) is 29.9. The number of nitrogens with one attached hydrogen (secondary N) is 1. The van der Waals surface area contributed by atoms with Crippen molar-refractivity contribution in [3.05, 3.63) is 84.1 Å². The van der Waals surface area contributed by atoms with E-state index < -0.39 is 35.1 Å². The molecule has 2 unspecified atom stereocenters. The fourth-order valence-electron chi connectivity index (χ4n) is 4.69. The topological polar surface area (TPSA) is 129 Å². The number of hydrogen-bond acceptors (Lipinski definition) is 5. The molecule has 1 aromatic heterocycles. The molecule has 3 aromatic carbocycles. The number of ether oxygens (including phenoxy) is 1. The average molecular weight is 597 g/mol. The van der Waals surface area contributed by atoms with Gasteiger partial charge in [0, 0.05) is 21.8 Å². The van der Waals surface area contributed by atoms with Crippen LogP contribution in [0.5, 0.6) is 5.75 Å². The summed E-state index contributed by atoms with van der Waals surface area (Å²) >= 11 is 3.59. The zero-order valence-electron chi connectivity index (χ0n) is 22.8. The molecule has 9 nitrogen and oxygen atoms in total. The summed E-state index contributed by atoms with van der Waals surface area (Å²) in [6.07, 6.45) is 0. The molecule has 41 heavy (non-hydrogen) atoms. The molecule has 0 radical (unpaired) electrons. The van der Waals surface area contributed by atoms with Crippen molar-refractivity contribution in [1.82, 2.24) is 0 Å². The molecule has 214 valence electrons. The van der Waals surface area contributed by atoms with Crippen molar-refractivity contribution in [2.45, 2.75) is 26.8 Å². The number of carboxylic acid groups (broad SMARTS) is 1. The number of carbonyl (C=O) groups excluding carboxylic acids is 1. The lowest BCUT2D eigenvalue weighted by Gasteiger charge is -2.29. The molecular formula is C30H29ClN2O7S. The van der Waals surface area contributed by atoms with E-state index in [1.807, 2.05) is 12.1 Å². The van der Waals surface area contributed by atoms with Gasteiger partial charge in [0.25, 0.3) is 17.2 Å². The number of amides is 1. The molecule has 0 aliphatic carbocycles. The molecule has 3 N–H and O–H groups in total. The van der Waals surface area contributed by atoms with Gasteiger partial charge in [0.2, 0.25) is 0 Å². The fraction of sp³-hybridized carbons (Fsp3) is 0.200. The molecule has 4 rings (SSSR count). The molecule has 0 aliphatic heterocycles. The van der Waals surface area contributed by atoms with Crippen molar-refractivity contribution in [3.8, 4) is 16.9 Å². The normalized spacial score (nSPS) is 12.7. The van der Waals surface area contributed by atoms with Crippen molar-refractivity contribution in [1.29, 1.82) is 0 Å². The summed E-state index contributed by atoms with van der Waals surface area (Å²) in [5.74, 6) is -1.40. The highest BCUT2D eigenvalue weighted by Crippen LogP contribution is 2.39. The molecule has 0 saturated heterocycles. The van der Waals surface area contributed by atoms with Crippen LogP contribution < -0.4 is 14.4 Å². The Hall–Kier alpha value is -4.12. The Labute approximate surface area is 244 Å². The summed E-state index contributed by atoms with van der Waals surface area (Å²) in [6, 6.07) is 16.0. The van der Waals surface area contributed by atoms with Gasteiger partial charge in [-0.2, -0.15) is 0 Å². The highest BCUT2D eigenvalue weighted by molar-refractivity contribution is 7.80. The molecule has 2 atom stereocenters. The van der Waals surface area contributed by atoms with Gasteiger partial charge in [-0.25, -0.2) is 9.00 Å². The van der Waals surface area contributed by atoms with Crippen LogP contribution in [0.2, 0.25) is 0 Å². The van der Waals surface area contributed by atoms with Gasteiger partial charge in [-0.1, -0.05) is 56.3 Å². The number of aliphatic carboxylic acids is 1. The van der Waals surface area contributed by atoms with Gasteiger partial charge in [0.05, 0.1) is 18.2 Å². The summed E-state index contributed by atoms with van der Waals surface area (Å²) in [5, 5.41) is 13.4. The monoisotopic (exact) mass is 596 g/mol. The van der Waals surface area contributed by atoms with E-state index in [2.05, 4.69) is 11.9 Å². The zero-order chi connectivity index (χ0) is 30.0. The second kappa shape index (κ2) is 12.2. The van der Waals surface area contributed by atoms with Gasteiger partial charge < -0.3 is 19.6 Å². The maximum absolute atomic E-state index is 13.1. The van der Waals surface area contributed by atoms with Gasteiger partial charge >= 0.3 is 5.97 Å². The van der Waals surface area contributed by atoms with Gasteiger partial charge in [0.15, 0.2) is 5.76 Å². The summed E-state index contributed by atoms with van der Waals surface area (Å²) in [6.45, 7) is 8.88. The molecule has 0 aliphatic rings. The number of benzene rings is 3. The van der Waals surface area contributed by atoms with E-state index in [1.54, 1.807) is 69.3 Å². The molecule has 4 aromatic rings. The fourth-order valence-corrected chi connectivity index (χ4v) is 5.66. The number of anilines is 2. The van der Waals surface area contributed by atoms with E-state index in [0.29, 0.717) is 44.3 Å². The van der Waals surface area contributed by atoms with Gasteiger partial charge in [-0.15, -0.1) is 0 Å². The van der Waals surface area contributed by atoms with Crippen LogP contribution in [0.3, 0.4) is 0 Å². The Morgan fingerprint density at radius 1 is 1.05 bits per heavy atom. The largest absolute Gasteiger partial charge is 0.495 e. The SMILES string of the molecule is C=C(Cl)c1ccc2oc(C(=O)Nc3ccc(-c4ccc(N(C(C(=O)O)C(C)C)S(=O)O)cc4)cc3)c(C)c2c1OC. The van der Waals surface area contributed by atoms with Crippen molar-refractivity contribution in [2.24, 2.45) is 5.92 Å². The van der Waals surface area contributed by atoms with Crippen LogP contribution in [0, 0.1) is 12.8 Å². The Morgan fingerprint density at radius 3 is 2.12 bits per heavy atom. The van der Waals surface area contributed by atoms with Crippen LogP contribution in [-0.4, -0.2) is 38.9 Å². The maximum Gasteiger partial charge on any atom is 0.327 e. The Balaban J connectivity index is 1.54. The summed E-state index contributed by atoms with van der Waals surface area (Å²) in [5.41, 5.74) is 4.16. The van der Waals surface area contributed by atoms with E-state index in [1.165, 1.54) is 7.11 Å². The molecule has 1 amide bonds. The number of carbonyl (C=O) groups is 2. The third-order valence-corrected chi connectivity index (χ3v) is 7.63. The molecule has 11 heteroatoms. The second-order valence-corrected chi connectivity index (χ2v) is 11.0. The predicted molar refractivity (Wildman–Crippen MR) is 162 cm³/mol. The first-order valence-electron chi connectivity index (χ1n) is 12.5. The van der Waals surface area contributed by atoms with Crippen molar-refractivity contribution in [2.75, 3.05) is 16.7 Å². The number of rotatable bonds is 10. The highest BCUT2D eigenvalue weighted by Gasteiger charge is 2.32. The number of methoxy groups -OCH3 is 1. The lowest BCUT2D eigenvalue weighted by molar-refractivity contribution is -0.139. The highest BCUT2D eigenvalue weighted by atomic mass is 35.5. The summed E-state index contributed by atoms with van der Waals surface area (Å²) in [4.78, 5) is 24.8. The van der Waals surface area contributed by atoms with E-state index >= 15 is 0 Å². The first-order chi connectivity index (χ1) is 19.4. The smallest absolute Gasteiger partial charge is 0.327 e. The predicted octanol–water partition coefficient (Wildman–Crippen LogP) is 6.93. The quantitative estimate of drug-likeness (QED) is 0.169. The lowest BCUT2D eigenvalue weighted by atomic mass is 10.0. The third kappa shape index (κ3) is 6.00. The van der Waals surface area contributed by atoms with Crippen LogP contribution in [0.25, 0.3) is 27.1 Å². The number of aryl methyl sites for hydroxylation is 1. The van der Waals surface area contributed by atoms with Crippen molar-refractivity contribution in [3.63, 3.8) is 0 Å². The van der Waals surface area contributed by atoms with Crippen LogP contribution in [-0.2, 0) is 16.1 Å². The molecular weight excluding hydrogens is 568 g/mol. The minimum atomic E-state index is -2.53. The van der Waals surface area contributed by atoms with Crippen molar-refractivity contribution >= 4 is 62.1 Å². The summed E-state index contributed by atoms with van der Waals surface area (Å²) in [7, 11) is 1.52. The average Bonchev–Trinajstić information content (AvgIpc) is 3.27. The van der Waals surface area contributed by atoms with Gasteiger partial charge in [0.1, 0.15) is 17.4 Å². The van der Waals surface area contributed by atoms with Gasteiger partial charge in [-0.3, -0.25) is 13.7 Å². The standard InChI is InChI=1S/C30H29ClN2O7S/c1-16(2)26(30(35)36)33(41(37)38)22-12-8-20(9-13-22)19-6-10-21(11-7-19)32-29(34)27-17(3)25-24(40-27)15-14-23(18(4)31)28(25)39-5/h6-16,26H,4H2,1-3,5H3,(H,32,34)(H,35,36)(H,37,38). The number of hydrogen-bond donors (Lipinski definition) is 3. The minimum Gasteiger partial charge on any atom is -0.495 e. The Bertz CT molecular complexity index is 1650. The molecule has 0 saturated carbocycles. The molecule has 1 heterocycles. The summed E-state index contributed by atoms with van der Waals surface area (Å²) < 4.78 is 34.2. The number of furan rings is 1. The third-order valence-electron chi connectivity index (χ3n) is 6.65. The number of carboxylic acids is 1. The van der Waals surface area contributed by atoms with E-state index in [4.69, 9.17) is 20.8 Å². The van der Waals surface area contributed by atoms with E-state index in [-0.39, 0.29) is 5.76 Å². The van der Waals surface area contributed by atoms with E-state index in [9.17, 15) is 23.5 Å². The number of nitrogens with zero attached hydrogens (tertiary/aromatic N) is 1.